The Morgan fingerprint density at radius 1 is 1.47 bits per heavy atom. The van der Waals surface area contributed by atoms with Crippen molar-refractivity contribution < 1.29 is 9.90 Å². The van der Waals surface area contributed by atoms with Gasteiger partial charge in [-0.1, -0.05) is 46.0 Å². The highest BCUT2D eigenvalue weighted by molar-refractivity contribution is 5.74. The third-order valence-corrected chi connectivity index (χ3v) is 3.80. The van der Waals surface area contributed by atoms with E-state index >= 15 is 0 Å². The molecule has 2 heteroatoms. The van der Waals surface area contributed by atoms with E-state index in [0.29, 0.717) is 5.92 Å². The summed E-state index contributed by atoms with van der Waals surface area (Å²) in [6.45, 7) is 4.35. The van der Waals surface area contributed by atoms with Gasteiger partial charge in [-0.05, 0) is 25.2 Å². The van der Waals surface area contributed by atoms with Gasteiger partial charge in [0.2, 0.25) is 0 Å². The molecule has 1 rings (SSSR count). The van der Waals surface area contributed by atoms with E-state index in [1.54, 1.807) is 0 Å². The maximum Gasteiger partial charge on any atom is 0.309 e. The number of rotatable bonds is 5. The normalized spacial score (nSPS) is 31.5. The first-order valence-corrected chi connectivity index (χ1v) is 6.34. The Labute approximate surface area is 93.1 Å². The molecule has 2 unspecified atom stereocenters. The average Bonchev–Trinajstić information content (AvgIpc) is 2.18. The largest absolute Gasteiger partial charge is 0.481 e. The smallest absolute Gasteiger partial charge is 0.309 e. The second kappa shape index (κ2) is 5.53. The molecule has 0 aromatic heterocycles. The van der Waals surface area contributed by atoms with E-state index < -0.39 is 5.97 Å². The lowest BCUT2D eigenvalue weighted by atomic mass is 9.67. The lowest BCUT2D eigenvalue weighted by molar-refractivity contribution is -0.152. The molecule has 2 atom stereocenters. The first-order chi connectivity index (χ1) is 7.10. The van der Waals surface area contributed by atoms with Gasteiger partial charge in [0.1, 0.15) is 0 Å². The summed E-state index contributed by atoms with van der Waals surface area (Å²) in [5.41, 5.74) is -0.382. The summed E-state index contributed by atoms with van der Waals surface area (Å²) < 4.78 is 0. The van der Waals surface area contributed by atoms with Gasteiger partial charge in [-0.15, -0.1) is 0 Å². The molecule has 0 heterocycles. The molecular formula is C13H24O2. The lowest BCUT2D eigenvalue weighted by Gasteiger charge is -2.36. The van der Waals surface area contributed by atoms with E-state index in [-0.39, 0.29) is 5.41 Å². The molecule has 15 heavy (non-hydrogen) atoms. The van der Waals surface area contributed by atoms with Gasteiger partial charge in [0.15, 0.2) is 0 Å². The van der Waals surface area contributed by atoms with Crippen molar-refractivity contribution in [2.75, 3.05) is 0 Å². The highest BCUT2D eigenvalue weighted by Crippen LogP contribution is 2.43. The van der Waals surface area contributed by atoms with Crippen LogP contribution in [0.4, 0.5) is 0 Å². The number of carboxylic acid groups (broad SMARTS) is 1. The van der Waals surface area contributed by atoms with Crippen LogP contribution in [0.1, 0.15) is 65.2 Å². The van der Waals surface area contributed by atoms with E-state index in [0.717, 1.165) is 32.1 Å². The maximum absolute atomic E-state index is 11.4. The summed E-state index contributed by atoms with van der Waals surface area (Å²) >= 11 is 0. The number of carbonyl (C=O) groups is 1. The van der Waals surface area contributed by atoms with Crippen LogP contribution < -0.4 is 0 Å². The Morgan fingerprint density at radius 3 is 2.73 bits per heavy atom. The molecule has 2 nitrogen and oxygen atoms in total. The summed E-state index contributed by atoms with van der Waals surface area (Å²) in [5.74, 6) is 0.0432. The molecule has 0 amide bonds. The molecular weight excluding hydrogens is 188 g/mol. The molecule has 1 N–H and O–H groups in total. The molecule has 0 aromatic rings. The fraction of sp³-hybridized carbons (Fsp3) is 0.923. The molecule has 0 radical (unpaired) electrons. The van der Waals surface area contributed by atoms with E-state index in [1.807, 2.05) is 0 Å². The highest BCUT2D eigenvalue weighted by Gasteiger charge is 2.40. The Balaban J connectivity index is 2.57. The van der Waals surface area contributed by atoms with E-state index in [2.05, 4.69) is 13.8 Å². The van der Waals surface area contributed by atoms with Crippen LogP contribution in [-0.2, 0) is 4.79 Å². The van der Waals surface area contributed by atoms with E-state index in [1.165, 1.54) is 19.3 Å². The van der Waals surface area contributed by atoms with Crippen molar-refractivity contribution in [1.29, 1.82) is 0 Å². The van der Waals surface area contributed by atoms with Crippen LogP contribution in [0, 0.1) is 11.3 Å². The van der Waals surface area contributed by atoms with Gasteiger partial charge in [-0.3, -0.25) is 4.79 Å². The monoisotopic (exact) mass is 212 g/mol. The molecule has 88 valence electrons. The molecule has 1 fully saturated rings. The van der Waals surface area contributed by atoms with Crippen LogP contribution in [-0.4, -0.2) is 11.1 Å². The fourth-order valence-electron chi connectivity index (χ4n) is 2.90. The zero-order chi connectivity index (χ0) is 11.3. The molecule has 0 aliphatic heterocycles. The van der Waals surface area contributed by atoms with Gasteiger partial charge < -0.3 is 5.11 Å². The number of carboxylic acids is 1. The van der Waals surface area contributed by atoms with E-state index in [9.17, 15) is 9.90 Å². The topological polar surface area (TPSA) is 37.3 Å². The number of aliphatic carboxylic acids is 1. The molecule has 0 saturated heterocycles. The minimum Gasteiger partial charge on any atom is -0.481 e. The predicted octanol–water partition coefficient (Wildman–Crippen LogP) is 3.85. The quantitative estimate of drug-likeness (QED) is 0.703. The number of hydrogen-bond acceptors (Lipinski definition) is 1. The summed E-state index contributed by atoms with van der Waals surface area (Å²) in [4.78, 5) is 11.4. The first kappa shape index (κ1) is 12.5. The third kappa shape index (κ3) is 3.22. The van der Waals surface area contributed by atoms with Crippen molar-refractivity contribution in [2.45, 2.75) is 65.2 Å². The Bertz CT molecular complexity index is 213. The third-order valence-electron chi connectivity index (χ3n) is 3.80. The Morgan fingerprint density at radius 2 is 2.20 bits per heavy atom. The fourth-order valence-corrected chi connectivity index (χ4v) is 2.90. The summed E-state index contributed by atoms with van der Waals surface area (Å²) in [6, 6.07) is 0. The zero-order valence-electron chi connectivity index (χ0n) is 10.1. The maximum atomic E-state index is 11.4. The van der Waals surface area contributed by atoms with E-state index in [4.69, 9.17) is 0 Å². The van der Waals surface area contributed by atoms with Crippen LogP contribution >= 0.6 is 0 Å². The van der Waals surface area contributed by atoms with Crippen LogP contribution in [0.2, 0.25) is 0 Å². The van der Waals surface area contributed by atoms with Crippen molar-refractivity contribution in [3.63, 3.8) is 0 Å². The van der Waals surface area contributed by atoms with Crippen LogP contribution in [0.15, 0.2) is 0 Å². The molecule has 0 bridgehead atoms. The van der Waals surface area contributed by atoms with Crippen LogP contribution in [0.3, 0.4) is 0 Å². The zero-order valence-corrected chi connectivity index (χ0v) is 10.1. The predicted molar refractivity (Wildman–Crippen MR) is 61.8 cm³/mol. The highest BCUT2D eigenvalue weighted by atomic mass is 16.4. The average molecular weight is 212 g/mol. The lowest BCUT2D eigenvalue weighted by Crippen LogP contribution is -2.35. The Kier molecular flexibility index (Phi) is 4.62. The van der Waals surface area contributed by atoms with Crippen molar-refractivity contribution >= 4 is 5.97 Å². The number of unbranched alkanes of at least 4 members (excludes halogenated alkanes) is 2. The second-order valence-electron chi connectivity index (χ2n) is 5.24. The molecule has 0 spiro atoms. The molecule has 0 aromatic carbocycles. The standard InChI is InChI=1S/C13H24O2/c1-3-4-5-8-13(12(14)15)9-6-7-11(2)10-13/h11H,3-10H2,1-2H3,(H,14,15). The minimum atomic E-state index is -0.551. The van der Waals surface area contributed by atoms with Gasteiger partial charge in [-0.25, -0.2) is 0 Å². The van der Waals surface area contributed by atoms with Gasteiger partial charge in [0.25, 0.3) is 0 Å². The van der Waals surface area contributed by atoms with Crippen molar-refractivity contribution in [3.05, 3.63) is 0 Å². The van der Waals surface area contributed by atoms with Gasteiger partial charge >= 0.3 is 5.97 Å². The summed E-state index contributed by atoms with van der Waals surface area (Å²) in [5, 5.41) is 9.41. The first-order valence-electron chi connectivity index (χ1n) is 6.34. The molecule has 1 aliphatic rings. The summed E-state index contributed by atoms with van der Waals surface area (Å²) in [6.07, 6.45) is 8.41. The minimum absolute atomic E-state index is 0.382. The van der Waals surface area contributed by atoms with Gasteiger partial charge in [0.05, 0.1) is 5.41 Å². The molecule has 1 aliphatic carbocycles. The number of hydrogen-bond donors (Lipinski definition) is 1. The second-order valence-corrected chi connectivity index (χ2v) is 5.24. The van der Waals surface area contributed by atoms with Crippen molar-refractivity contribution in [2.24, 2.45) is 11.3 Å². The SMILES string of the molecule is CCCCCC1(C(=O)O)CCCC(C)C1. The van der Waals surface area contributed by atoms with Crippen LogP contribution in [0.5, 0.6) is 0 Å². The van der Waals surface area contributed by atoms with Crippen molar-refractivity contribution in [3.8, 4) is 0 Å². The molecule has 1 saturated carbocycles. The Hall–Kier alpha value is -0.530. The van der Waals surface area contributed by atoms with Gasteiger partial charge in [0, 0.05) is 0 Å². The van der Waals surface area contributed by atoms with Crippen LogP contribution in [0.25, 0.3) is 0 Å². The van der Waals surface area contributed by atoms with Crippen molar-refractivity contribution in [1.82, 2.24) is 0 Å². The van der Waals surface area contributed by atoms with Gasteiger partial charge in [-0.2, -0.15) is 0 Å². The summed E-state index contributed by atoms with van der Waals surface area (Å²) in [7, 11) is 0.